The number of nitrogens with zero attached hydrogens (tertiary/aromatic N) is 2. The van der Waals surface area contributed by atoms with Gasteiger partial charge in [0, 0.05) is 16.2 Å². The van der Waals surface area contributed by atoms with Crippen LogP contribution in [-0.4, -0.2) is 9.78 Å². The Morgan fingerprint density at radius 3 is 2.38 bits per heavy atom. The topological polar surface area (TPSA) is 17.8 Å². The fraction of sp³-hybridized carbons (Fsp3) is 0. The third kappa shape index (κ3) is 1.85. The van der Waals surface area contributed by atoms with E-state index >= 15 is 0 Å². The summed E-state index contributed by atoms with van der Waals surface area (Å²) in [5.74, 6) is 0. The molecule has 0 N–H and O–H groups in total. The Kier molecular flexibility index (Phi) is 2.25. The normalized spacial score (nSPS) is 10.3. The number of aromatic nitrogens is 2. The largest absolute Gasteiger partial charge is 0.240 e. The molecule has 1 heterocycles. The average Bonchev–Trinajstić information content (AvgIpc) is 2.53. The van der Waals surface area contributed by atoms with Crippen LogP contribution in [0.3, 0.4) is 0 Å². The molecule has 13 heavy (non-hydrogen) atoms. The number of benzene rings is 1. The van der Waals surface area contributed by atoms with Crippen LogP contribution in [0.15, 0.2) is 30.5 Å². The van der Waals surface area contributed by atoms with Crippen LogP contribution in [0.4, 0.5) is 0 Å². The van der Waals surface area contributed by atoms with E-state index in [-0.39, 0.29) is 0 Å². The van der Waals surface area contributed by atoms with Crippen molar-refractivity contribution >= 4 is 23.2 Å². The van der Waals surface area contributed by atoms with Gasteiger partial charge in [-0.25, -0.2) is 4.68 Å². The molecule has 0 spiro atoms. The van der Waals surface area contributed by atoms with Crippen LogP contribution in [0.2, 0.25) is 10.0 Å². The van der Waals surface area contributed by atoms with Gasteiger partial charge < -0.3 is 0 Å². The second-order valence-corrected chi connectivity index (χ2v) is 3.39. The first kappa shape index (κ1) is 8.60. The Hall–Kier alpha value is -0.990. The molecule has 0 saturated heterocycles. The van der Waals surface area contributed by atoms with Crippen molar-refractivity contribution in [3.63, 3.8) is 0 Å². The van der Waals surface area contributed by atoms with Crippen molar-refractivity contribution < 1.29 is 0 Å². The van der Waals surface area contributed by atoms with Crippen LogP contribution in [0.1, 0.15) is 0 Å². The molecule has 0 fully saturated rings. The first-order valence-electron chi connectivity index (χ1n) is 3.64. The Morgan fingerprint density at radius 2 is 1.85 bits per heavy atom. The number of hydrogen-bond donors (Lipinski definition) is 0. The molecule has 65 valence electrons. The SMILES string of the molecule is Clc1cc(Cl)cc(-n2cc[c]n2)c1. The zero-order valence-corrected chi connectivity index (χ0v) is 8.05. The maximum absolute atomic E-state index is 5.83. The number of halogens is 2. The summed E-state index contributed by atoms with van der Waals surface area (Å²) in [7, 11) is 0. The molecule has 2 rings (SSSR count). The Balaban J connectivity index is 2.53. The highest BCUT2D eigenvalue weighted by Crippen LogP contribution is 2.20. The smallest absolute Gasteiger partial charge is 0.113 e. The molecule has 0 bridgehead atoms. The zero-order valence-electron chi connectivity index (χ0n) is 6.54. The molecule has 0 aliphatic rings. The minimum Gasteiger partial charge on any atom is -0.240 e. The third-order valence-electron chi connectivity index (χ3n) is 1.57. The van der Waals surface area contributed by atoms with E-state index in [2.05, 4.69) is 11.3 Å². The van der Waals surface area contributed by atoms with Crippen LogP contribution < -0.4 is 0 Å². The molecule has 0 unspecified atom stereocenters. The van der Waals surface area contributed by atoms with Crippen LogP contribution in [0.5, 0.6) is 0 Å². The van der Waals surface area contributed by atoms with Crippen molar-refractivity contribution in [2.24, 2.45) is 0 Å². The van der Waals surface area contributed by atoms with E-state index in [1.807, 2.05) is 0 Å². The van der Waals surface area contributed by atoms with Crippen molar-refractivity contribution in [1.82, 2.24) is 9.78 Å². The quantitative estimate of drug-likeness (QED) is 0.710. The van der Waals surface area contributed by atoms with Crippen LogP contribution in [0.25, 0.3) is 5.69 Å². The lowest BCUT2D eigenvalue weighted by molar-refractivity contribution is 0.877. The summed E-state index contributed by atoms with van der Waals surface area (Å²) in [4.78, 5) is 0. The van der Waals surface area contributed by atoms with E-state index in [9.17, 15) is 0 Å². The van der Waals surface area contributed by atoms with Gasteiger partial charge in [-0.2, -0.15) is 5.10 Å². The molecule has 0 amide bonds. The van der Waals surface area contributed by atoms with Crippen LogP contribution in [0, 0.1) is 6.20 Å². The van der Waals surface area contributed by atoms with E-state index in [1.54, 1.807) is 35.1 Å². The van der Waals surface area contributed by atoms with Crippen LogP contribution in [-0.2, 0) is 0 Å². The molecule has 0 atom stereocenters. The predicted molar refractivity (Wildman–Crippen MR) is 52.4 cm³/mol. The molecule has 1 radical (unpaired) electrons. The molecule has 4 heteroatoms. The van der Waals surface area contributed by atoms with Gasteiger partial charge in [0.1, 0.15) is 6.20 Å². The minimum atomic E-state index is 0.595. The predicted octanol–water partition coefficient (Wildman–Crippen LogP) is 2.98. The van der Waals surface area contributed by atoms with Gasteiger partial charge in [0.05, 0.1) is 5.69 Å². The van der Waals surface area contributed by atoms with Gasteiger partial charge in [-0.15, -0.1) is 0 Å². The van der Waals surface area contributed by atoms with Gasteiger partial charge in [-0.1, -0.05) is 23.2 Å². The van der Waals surface area contributed by atoms with Gasteiger partial charge in [-0.05, 0) is 24.3 Å². The van der Waals surface area contributed by atoms with Gasteiger partial charge in [0.25, 0.3) is 0 Å². The summed E-state index contributed by atoms with van der Waals surface area (Å²) < 4.78 is 1.65. The van der Waals surface area contributed by atoms with Gasteiger partial charge in [0.2, 0.25) is 0 Å². The fourth-order valence-corrected chi connectivity index (χ4v) is 1.56. The van der Waals surface area contributed by atoms with Crippen molar-refractivity contribution in [3.05, 3.63) is 46.7 Å². The van der Waals surface area contributed by atoms with Crippen molar-refractivity contribution in [2.75, 3.05) is 0 Å². The highest BCUT2D eigenvalue weighted by molar-refractivity contribution is 6.34. The van der Waals surface area contributed by atoms with E-state index in [0.717, 1.165) is 5.69 Å². The van der Waals surface area contributed by atoms with Gasteiger partial charge >= 0.3 is 0 Å². The van der Waals surface area contributed by atoms with E-state index in [4.69, 9.17) is 23.2 Å². The van der Waals surface area contributed by atoms with E-state index in [1.165, 1.54) is 0 Å². The molecular weight excluding hydrogens is 207 g/mol. The Labute approximate surface area is 85.7 Å². The second kappa shape index (κ2) is 3.40. The highest BCUT2D eigenvalue weighted by atomic mass is 35.5. The van der Waals surface area contributed by atoms with Crippen molar-refractivity contribution in [2.45, 2.75) is 0 Å². The summed E-state index contributed by atoms with van der Waals surface area (Å²) in [5, 5.41) is 5.13. The summed E-state index contributed by atoms with van der Waals surface area (Å²) in [6.07, 6.45) is 4.47. The molecule has 1 aromatic heterocycles. The maximum Gasteiger partial charge on any atom is 0.113 e. The summed E-state index contributed by atoms with van der Waals surface area (Å²) in [5.41, 5.74) is 0.832. The highest BCUT2D eigenvalue weighted by Gasteiger charge is 1.99. The van der Waals surface area contributed by atoms with Gasteiger partial charge in [0.15, 0.2) is 0 Å². The number of hydrogen-bond acceptors (Lipinski definition) is 1. The molecule has 2 nitrogen and oxygen atoms in total. The van der Waals surface area contributed by atoms with Crippen LogP contribution >= 0.6 is 23.2 Å². The molecule has 1 aromatic carbocycles. The molecule has 0 saturated carbocycles. The van der Waals surface area contributed by atoms with E-state index < -0.39 is 0 Å². The lowest BCUT2D eigenvalue weighted by Crippen LogP contribution is -1.93. The molecule has 0 aliphatic heterocycles. The third-order valence-corrected chi connectivity index (χ3v) is 2.00. The summed E-state index contributed by atoms with van der Waals surface area (Å²) in [6, 6.07) is 6.97. The fourth-order valence-electron chi connectivity index (χ4n) is 1.05. The molecular formula is C9H5Cl2N2. The summed E-state index contributed by atoms with van der Waals surface area (Å²) in [6.45, 7) is 0. The molecule has 0 aliphatic carbocycles. The van der Waals surface area contributed by atoms with Crippen molar-refractivity contribution in [3.8, 4) is 5.69 Å². The van der Waals surface area contributed by atoms with Gasteiger partial charge in [-0.3, -0.25) is 0 Å². The number of rotatable bonds is 1. The Morgan fingerprint density at radius 1 is 1.15 bits per heavy atom. The zero-order chi connectivity index (χ0) is 9.26. The minimum absolute atomic E-state index is 0.595. The lowest BCUT2D eigenvalue weighted by Gasteiger charge is -2.01. The maximum atomic E-state index is 5.83. The lowest BCUT2D eigenvalue weighted by atomic mass is 10.3. The second-order valence-electron chi connectivity index (χ2n) is 2.52. The monoisotopic (exact) mass is 211 g/mol. The standard InChI is InChI=1S/C9H5Cl2N2/c10-7-4-8(11)6-9(5-7)13-3-1-2-12-13/h1,3-6H. The first-order chi connectivity index (χ1) is 6.25. The average molecular weight is 212 g/mol. The van der Waals surface area contributed by atoms with Crippen molar-refractivity contribution in [1.29, 1.82) is 0 Å². The molecule has 2 aromatic rings. The van der Waals surface area contributed by atoms with E-state index in [0.29, 0.717) is 10.0 Å². The summed E-state index contributed by atoms with van der Waals surface area (Å²) >= 11 is 11.7. The first-order valence-corrected chi connectivity index (χ1v) is 4.39. The Bertz CT molecular complexity index is 389.